The minimum absolute atomic E-state index is 0.0510. The molecule has 0 radical (unpaired) electrons. The van der Waals surface area contributed by atoms with Gasteiger partial charge < -0.3 is 14.6 Å². The lowest BCUT2D eigenvalue weighted by molar-refractivity contribution is 0.0496. The number of nitrogens with one attached hydrogen (secondary N) is 1. The molecule has 1 aromatic heterocycles. The first kappa shape index (κ1) is 27.6. The minimum Gasteiger partial charge on any atom is -0.465 e. The van der Waals surface area contributed by atoms with E-state index in [1.165, 1.54) is 64.9 Å². The van der Waals surface area contributed by atoms with Crippen LogP contribution in [0.5, 0.6) is 0 Å². The summed E-state index contributed by atoms with van der Waals surface area (Å²) in [6.45, 7) is 0.220. The van der Waals surface area contributed by atoms with Crippen LogP contribution < -0.4 is 10.9 Å². The van der Waals surface area contributed by atoms with Crippen LogP contribution in [0.4, 0.5) is 0 Å². The molecule has 41 heavy (non-hydrogen) atoms. The Morgan fingerprint density at radius 2 is 1.51 bits per heavy atom. The Labute approximate surface area is 241 Å². The number of hydrogen-bond donors (Lipinski definition) is 1. The van der Waals surface area contributed by atoms with Crippen LogP contribution in [-0.4, -0.2) is 51.6 Å². The van der Waals surface area contributed by atoms with Crippen molar-refractivity contribution in [3.63, 3.8) is 0 Å². The second-order valence-electron chi connectivity index (χ2n) is 12.0. The molecule has 1 N–H and O–H groups in total. The second-order valence-corrected chi connectivity index (χ2v) is 12.0. The Bertz CT molecular complexity index is 1440. The lowest BCUT2D eigenvalue weighted by Gasteiger charge is -2.45. The molecular formula is C33H40N4O4. The number of hydrogen-bond acceptors (Lipinski definition) is 6. The number of fused-ring (bicyclic) bond motifs is 3. The molecule has 3 fully saturated rings. The van der Waals surface area contributed by atoms with Crippen molar-refractivity contribution >= 4 is 22.9 Å². The number of carbonyl (C=O) groups excluding carboxylic acids is 2. The van der Waals surface area contributed by atoms with Gasteiger partial charge in [0.15, 0.2) is 5.69 Å². The Kier molecular flexibility index (Phi) is 8.19. The molecule has 1 aliphatic carbocycles. The number of rotatable bonds is 6. The van der Waals surface area contributed by atoms with E-state index in [1.54, 1.807) is 24.3 Å². The monoisotopic (exact) mass is 556 g/mol. The lowest BCUT2D eigenvalue weighted by atomic mass is 9.89. The molecule has 6 rings (SSSR count). The van der Waals surface area contributed by atoms with Crippen LogP contribution in [0.2, 0.25) is 0 Å². The van der Waals surface area contributed by atoms with Crippen LogP contribution in [-0.2, 0) is 11.3 Å². The van der Waals surface area contributed by atoms with E-state index in [2.05, 4.69) is 15.2 Å². The maximum atomic E-state index is 14.0. The van der Waals surface area contributed by atoms with Crippen molar-refractivity contribution in [2.45, 2.75) is 101 Å². The molecule has 0 unspecified atom stereocenters. The normalized spacial score (nSPS) is 23.6. The number of ether oxygens (including phenoxy) is 1. The van der Waals surface area contributed by atoms with Crippen LogP contribution in [0.15, 0.2) is 53.3 Å². The van der Waals surface area contributed by atoms with Gasteiger partial charge in [0.1, 0.15) is 0 Å². The Hall–Kier alpha value is -3.52. The predicted octanol–water partition coefficient (Wildman–Crippen LogP) is 5.39. The smallest absolute Gasteiger partial charge is 0.337 e. The lowest BCUT2D eigenvalue weighted by Crippen LogP contribution is -2.50. The molecule has 216 valence electrons. The van der Waals surface area contributed by atoms with Gasteiger partial charge in [-0.2, -0.15) is 0 Å². The van der Waals surface area contributed by atoms with Gasteiger partial charge in [-0.05, 0) is 68.4 Å². The molecule has 2 aromatic carbocycles. The molecule has 3 atom stereocenters. The summed E-state index contributed by atoms with van der Waals surface area (Å²) < 4.78 is 6.63. The van der Waals surface area contributed by atoms with Crippen LogP contribution in [0, 0.1) is 0 Å². The fraction of sp³-hybridized carbons (Fsp3) is 0.515. The van der Waals surface area contributed by atoms with E-state index < -0.39 is 11.9 Å². The zero-order valence-corrected chi connectivity index (χ0v) is 23.9. The second kappa shape index (κ2) is 12.1. The number of para-hydroxylation sites is 2. The third kappa shape index (κ3) is 5.67. The SMILES string of the molecule is COC(=O)c1ccc(CNC(=O)c2nc3ccccc3n([C@H]3C[C@H]4CC[C@@H](C3)N4C3CCCCCCC3)c2=O)cc1. The number of aromatic nitrogens is 2. The topological polar surface area (TPSA) is 93.5 Å². The number of piperidine rings is 1. The van der Waals surface area contributed by atoms with Gasteiger partial charge in [0.25, 0.3) is 11.5 Å². The first-order valence-corrected chi connectivity index (χ1v) is 15.3. The minimum atomic E-state index is -0.485. The summed E-state index contributed by atoms with van der Waals surface area (Å²) >= 11 is 0. The van der Waals surface area contributed by atoms with Gasteiger partial charge in [0, 0.05) is 30.7 Å². The third-order valence-corrected chi connectivity index (χ3v) is 9.46. The van der Waals surface area contributed by atoms with E-state index >= 15 is 0 Å². The average molecular weight is 557 g/mol. The van der Waals surface area contributed by atoms with Crippen molar-refractivity contribution in [1.29, 1.82) is 0 Å². The molecular weight excluding hydrogens is 516 g/mol. The van der Waals surface area contributed by atoms with Gasteiger partial charge in [-0.25, -0.2) is 9.78 Å². The molecule has 3 aromatic rings. The molecule has 1 amide bonds. The number of benzene rings is 2. The van der Waals surface area contributed by atoms with Gasteiger partial charge in [-0.1, -0.05) is 56.4 Å². The van der Waals surface area contributed by atoms with E-state index in [1.807, 2.05) is 28.8 Å². The highest BCUT2D eigenvalue weighted by Crippen LogP contribution is 2.44. The first-order chi connectivity index (χ1) is 20.0. The molecule has 8 nitrogen and oxygen atoms in total. The standard InChI is InChI=1S/C33H40N4O4/c1-41-33(40)23-15-13-22(14-16-23)21-34-31(38)30-32(39)37(29-12-8-7-11-28(29)35-30)27-19-25-17-18-26(20-27)36(25)24-9-5-3-2-4-6-10-24/h7-8,11-16,24-27H,2-6,9-10,17-21H2,1H3,(H,34,38)/t25-,26+,27+. The van der Waals surface area contributed by atoms with Crippen molar-refractivity contribution in [3.8, 4) is 0 Å². The fourth-order valence-corrected chi connectivity index (χ4v) is 7.53. The molecule has 3 aliphatic rings. The summed E-state index contributed by atoms with van der Waals surface area (Å²) in [5.74, 6) is -0.896. The largest absolute Gasteiger partial charge is 0.465 e. The molecule has 0 spiro atoms. The van der Waals surface area contributed by atoms with Gasteiger partial charge in [-0.15, -0.1) is 0 Å². The molecule has 2 aliphatic heterocycles. The first-order valence-electron chi connectivity index (χ1n) is 15.3. The summed E-state index contributed by atoms with van der Waals surface area (Å²) in [6.07, 6.45) is 13.6. The highest BCUT2D eigenvalue weighted by molar-refractivity contribution is 5.94. The van der Waals surface area contributed by atoms with E-state index in [4.69, 9.17) is 4.74 Å². The molecule has 3 heterocycles. The number of methoxy groups -OCH3 is 1. The van der Waals surface area contributed by atoms with Gasteiger partial charge >= 0.3 is 5.97 Å². The number of esters is 1. The van der Waals surface area contributed by atoms with Crippen molar-refractivity contribution in [1.82, 2.24) is 19.8 Å². The summed E-state index contributed by atoms with van der Waals surface area (Å²) in [7, 11) is 1.34. The summed E-state index contributed by atoms with van der Waals surface area (Å²) in [5, 5.41) is 2.87. The highest BCUT2D eigenvalue weighted by atomic mass is 16.5. The van der Waals surface area contributed by atoms with E-state index in [-0.39, 0.29) is 23.8 Å². The summed E-state index contributed by atoms with van der Waals surface area (Å²) in [6, 6.07) is 16.2. The zero-order chi connectivity index (χ0) is 28.3. The Morgan fingerprint density at radius 1 is 0.854 bits per heavy atom. The third-order valence-electron chi connectivity index (χ3n) is 9.46. The van der Waals surface area contributed by atoms with Crippen molar-refractivity contribution in [2.75, 3.05) is 7.11 Å². The van der Waals surface area contributed by atoms with Crippen LogP contribution in [0.1, 0.15) is 103 Å². The van der Waals surface area contributed by atoms with E-state index in [0.717, 1.165) is 23.9 Å². The zero-order valence-electron chi connectivity index (χ0n) is 23.9. The summed E-state index contributed by atoms with van der Waals surface area (Å²) in [5.41, 5.74) is 2.34. The molecule has 1 saturated carbocycles. The Morgan fingerprint density at radius 3 is 2.20 bits per heavy atom. The van der Waals surface area contributed by atoms with Gasteiger partial charge in [0.05, 0.1) is 23.7 Å². The number of nitrogens with zero attached hydrogens (tertiary/aromatic N) is 3. The van der Waals surface area contributed by atoms with Gasteiger partial charge in [-0.3, -0.25) is 14.5 Å². The quantitative estimate of drug-likeness (QED) is 0.409. The predicted molar refractivity (Wildman–Crippen MR) is 158 cm³/mol. The van der Waals surface area contributed by atoms with Crippen molar-refractivity contribution in [2.24, 2.45) is 0 Å². The number of amides is 1. The number of carbonyl (C=O) groups is 2. The van der Waals surface area contributed by atoms with Gasteiger partial charge in [0.2, 0.25) is 0 Å². The van der Waals surface area contributed by atoms with E-state index in [9.17, 15) is 14.4 Å². The van der Waals surface area contributed by atoms with Crippen molar-refractivity contribution in [3.05, 3.63) is 75.7 Å². The van der Waals surface area contributed by atoms with Crippen LogP contribution in [0.3, 0.4) is 0 Å². The average Bonchev–Trinajstić information content (AvgIpc) is 3.23. The van der Waals surface area contributed by atoms with Crippen LogP contribution in [0.25, 0.3) is 11.0 Å². The fourth-order valence-electron chi connectivity index (χ4n) is 7.53. The molecule has 2 saturated heterocycles. The van der Waals surface area contributed by atoms with Crippen molar-refractivity contribution < 1.29 is 14.3 Å². The molecule has 2 bridgehead atoms. The van der Waals surface area contributed by atoms with Crippen LogP contribution >= 0.6 is 0 Å². The van der Waals surface area contributed by atoms with E-state index in [0.29, 0.717) is 29.2 Å². The Balaban J connectivity index is 1.23. The maximum absolute atomic E-state index is 14.0. The molecule has 8 heteroatoms. The highest BCUT2D eigenvalue weighted by Gasteiger charge is 2.44. The maximum Gasteiger partial charge on any atom is 0.337 e. The summed E-state index contributed by atoms with van der Waals surface area (Å²) in [4.78, 5) is 46.4.